The van der Waals surface area contributed by atoms with E-state index in [2.05, 4.69) is 6.07 Å². The van der Waals surface area contributed by atoms with Crippen LogP contribution in [0.1, 0.15) is 44.7 Å². The Morgan fingerprint density at radius 1 is 0.870 bits per heavy atom. The summed E-state index contributed by atoms with van der Waals surface area (Å²) in [5.41, 5.74) is 2.82. The molecule has 1 aliphatic rings. The first-order valence-electron chi connectivity index (χ1n) is 7.65. The highest BCUT2D eigenvalue weighted by Gasteiger charge is 2.34. The minimum Gasteiger partial charge on any atom is -0.274 e. The van der Waals surface area contributed by atoms with Gasteiger partial charge in [-0.05, 0) is 49.1 Å². The van der Waals surface area contributed by atoms with Crippen molar-refractivity contribution in [1.29, 1.82) is 5.26 Å². The van der Waals surface area contributed by atoms with Crippen molar-refractivity contribution in [2.24, 2.45) is 0 Å². The predicted molar refractivity (Wildman–Crippen MR) is 85.9 cm³/mol. The fourth-order valence-electron chi connectivity index (χ4n) is 2.79. The normalized spacial score (nSPS) is 13.1. The summed E-state index contributed by atoms with van der Waals surface area (Å²) < 4.78 is 0. The van der Waals surface area contributed by atoms with Gasteiger partial charge in [0.15, 0.2) is 0 Å². The first-order valence-corrected chi connectivity index (χ1v) is 7.65. The molecule has 3 rings (SSSR count). The number of hydrogen-bond acceptors (Lipinski definition) is 3. The number of rotatable bonds is 5. The summed E-state index contributed by atoms with van der Waals surface area (Å²) in [7, 11) is 0. The number of imide groups is 1. The van der Waals surface area contributed by atoms with Crippen molar-refractivity contribution in [2.75, 3.05) is 6.54 Å². The molecule has 0 saturated heterocycles. The van der Waals surface area contributed by atoms with E-state index in [9.17, 15) is 9.59 Å². The van der Waals surface area contributed by atoms with E-state index in [1.54, 1.807) is 36.4 Å². The van der Waals surface area contributed by atoms with E-state index in [-0.39, 0.29) is 11.8 Å². The van der Waals surface area contributed by atoms with Crippen molar-refractivity contribution in [2.45, 2.75) is 19.3 Å². The Kier molecular flexibility index (Phi) is 4.20. The Morgan fingerprint density at radius 3 is 2.04 bits per heavy atom. The Morgan fingerprint density at radius 2 is 1.48 bits per heavy atom. The summed E-state index contributed by atoms with van der Waals surface area (Å²) >= 11 is 0. The van der Waals surface area contributed by atoms with Crippen LogP contribution >= 0.6 is 0 Å². The topological polar surface area (TPSA) is 61.2 Å². The molecule has 0 N–H and O–H groups in total. The second kappa shape index (κ2) is 6.45. The largest absolute Gasteiger partial charge is 0.274 e. The fourth-order valence-corrected chi connectivity index (χ4v) is 2.79. The zero-order valence-electron chi connectivity index (χ0n) is 12.7. The third kappa shape index (κ3) is 3.00. The zero-order chi connectivity index (χ0) is 16.2. The van der Waals surface area contributed by atoms with Crippen LogP contribution in [0.5, 0.6) is 0 Å². The molecule has 4 heteroatoms. The molecule has 0 spiro atoms. The van der Waals surface area contributed by atoms with Crippen LogP contribution in [0.3, 0.4) is 0 Å². The lowest BCUT2D eigenvalue weighted by molar-refractivity contribution is 0.0652. The first-order chi connectivity index (χ1) is 11.2. The second-order valence-electron chi connectivity index (χ2n) is 5.57. The number of nitrogens with zero attached hydrogens (tertiary/aromatic N) is 2. The Labute approximate surface area is 135 Å². The molecule has 0 fully saturated rings. The summed E-state index contributed by atoms with van der Waals surface area (Å²) in [6.45, 7) is 0.447. The Hall–Kier alpha value is -2.93. The maximum absolute atomic E-state index is 12.2. The molecule has 0 aromatic heterocycles. The molecule has 1 aliphatic heterocycles. The van der Waals surface area contributed by atoms with E-state index >= 15 is 0 Å². The van der Waals surface area contributed by atoms with Gasteiger partial charge in [0.1, 0.15) is 0 Å². The van der Waals surface area contributed by atoms with Gasteiger partial charge >= 0.3 is 0 Å². The van der Waals surface area contributed by atoms with E-state index in [0.29, 0.717) is 23.2 Å². The first kappa shape index (κ1) is 15.0. The number of carbonyl (C=O) groups is 2. The Balaban J connectivity index is 1.53. The molecule has 0 atom stereocenters. The standard InChI is InChI=1S/C19H16N2O2/c20-13-15-10-8-14(9-11-15)5-3-4-12-21-18(22)16-6-1-2-7-17(16)19(21)23/h1-2,6-11H,3-5,12H2. The van der Waals surface area contributed by atoms with Crippen LogP contribution in [-0.2, 0) is 6.42 Å². The maximum Gasteiger partial charge on any atom is 0.261 e. The second-order valence-corrected chi connectivity index (χ2v) is 5.57. The van der Waals surface area contributed by atoms with Crippen LogP contribution in [0.25, 0.3) is 0 Å². The summed E-state index contributed by atoms with van der Waals surface area (Å²) in [5, 5.41) is 8.77. The van der Waals surface area contributed by atoms with Crippen molar-refractivity contribution in [3.05, 3.63) is 70.8 Å². The van der Waals surface area contributed by atoms with Gasteiger partial charge in [0.2, 0.25) is 0 Å². The fraction of sp³-hybridized carbons (Fsp3) is 0.211. The lowest BCUT2D eigenvalue weighted by Crippen LogP contribution is -2.30. The summed E-state index contributed by atoms with van der Waals surface area (Å²) in [6, 6.07) is 16.5. The van der Waals surface area contributed by atoms with Crippen LogP contribution in [0, 0.1) is 11.3 Å². The molecule has 2 amide bonds. The molecule has 0 aliphatic carbocycles. The third-order valence-corrected chi connectivity index (χ3v) is 4.06. The summed E-state index contributed by atoms with van der Waals surface area (Å²) in [6.07, 6.45) is 2.53. The van der Waals surface area contributed by atoms with Crippen LogP contribution in [0.15, 0.2) is 48.5 Å². The van der Waals surface area contributed by atoms with Gasteiger partial charge < -0.3 is 0 Å². The Bertz CT molecular complexity index is 753. The van der Waals surface area contributed by atoms with E-state index in [4.69, 9.17) is 5.26 Å². The lowest BCUT2D eigenvalue weighted by atomic mass is 10.1. The van der Waals surface area contributed by atoms with Gasteiger partial charge in [-0.3, -0.25) is 14.5 Å². The molecule has 23 heavy (non-hydrogen) atoms. The minimum atomic E-state index is -0.191. The van der Waals surface area contributed by atoms with E-state index in [1.807, 2.05) is 12.1 Å². The predicted octanol–water partition coefficient (Wildman–Crippen LogP) is 3.18. The number of aryl methyl sites for hydroxylation is 1. The van der Waals surface area contributed by atoms with E-state index in [0.717, 1.165) is 24.8 Å². The average Bonchev–Trinajstić information content (AvgIpc) is 2.84. The van der Waals surface area contributed by atoms with Crippen LogP contribution < -0.4 is 0 Å². The van der Waals surface area contributed by atoms with Gasteiger partial charge in [0, 0.05) is 6.54 Å². The highest BCUT2D eigenvalue weighted by molar-refractivity contribution is 6.21. The van der Waals surface area contributed by atoms with Crippen molar-refractivity contribution in [3.63, 3.8) is 0 Å². The van der Waals surface area contributed by atoms with Crippen molar-refractivity contribution >= 4 is 11.8 Å². The van der Waals surface area contributed by atoms with Crippen molar-refractivity contribution in [1.82, 2.24) is 4.90 Å². The molecule has 114 valence electrons. The SMILES string of the molecule is N#Cc1ccc(CCCCN2C(=O)c3ccccc3C2=O)cc1. The molecule has 2 aromatic carbocycles. The number of hydrogen-bond donors (Lipinski definition) is 0. The molecule has 0 radical (unpaired) electrons. The molecule has 2 aromatic rings. The van der Waals surface area contributed by atoms with Gasteiger partial charge in [-0.15, -0.1) is 0 Å². The van der Waals surface area contributed by atoms with Crippen molar-refractivity contribution in [3.8, 4) is 6.07 Å². The van der Waals surface area contributed by atoms with Gasteiger partial charge in [0.25, 0.3) is 11.8 Å². The smallest absolute Gasteiger partial charge is 0.261 e. The molecule has 4 nitrogen and oxygen atoms in total. The highest BCUT2D eigenvalue weighted by Crippen LogP contribution is 2.22. The third-order valence-electron chi connectivity index (χ3n) is 4.06. The molecule has 0 bridgehead atoms. The van der Waals surface area contributed by atoms with Gasteiger partial charge in [-0.2, -0.15) is 5.26 Å². The van der Waals surface area contributed by atoms with E-state index in [1.165, 1.54) is 4.90 Å². The highest BCUT2D eigenvalue weighted by atomic mass is 16.2. The summed E-state index contributed by atoms with van der Waals surface area (Å²) in [5.74, 6) is -0.382. The van der Waals surface area contributed by atoms with Crippen molar-refractivity contribution < 1.29 is 9.59 Å². The van der Waals surface area contributed by atoms with Gasteiger partial charge in [0.05, 0.1) is 22.8 Å². The number of amides is 2. The molecular weight excluding hydrogens is 288 g/mol. The number of carbonyl (C=O) groups excluding carboxylic acids is 2. The van der Waals surface area contributed by atoms with Crippen LogP contribution in [-0.4, -0.2) is 23.3 Å². The minimum absolute atomic E-state index is 0.191. The zero-order valence-corrected chi connectivity index (χ0v) is 12.7. The summed E-state index contributed by atoms with van der Waals surface area (Å²) in [4.78, 5) is 25.8. The van der Waals surface area contributed by atoms with Crippen LogP contribution in [0.2, 0.25) is 0 Å². The lowest BCUT2D eigenvalue weighted by Gasteiger charge is -2.13. The number of fused-ring (bicyclic) bond motifs is 1. The average molecular weight is 304 g/mol. The quantitative estimate of drug-likeness (QED) is 0.629. The molecule has 0 saturated carbocycles. The van der Waals surface area contributed by atoms with Gasteiger partial charge in [-0.1, -0.05) is 24.3 Å². The molecule has 0 unspecified atom stereocenters. The number of unbranched alkanes of at least 4 members (excludes halogenated alkanes) is 1. The van der Waals surface area contributed by atoms with E-state index < -0.39 is 0 Å². The van der Waals surface area contributed by atoms with Gasteiger partial charge in [-0.25, -0.2) is 0 Å². The van der Waals surface area contributed by atoms with Crippen LogP contribution in [0.4, 0.5) is 0 Å². The number of nitriles is 1. The molecule has 1 heterocycles. The molecular formula is C19H16N2O2. The maximum atomic E-state index is 12.2. The number of benzene rings is 2. The monoisotopic (exact) mass is 304 g/mol.